The Labute approximate surface area is 80.2 Å². The molecule has 0 aliphatic heterocycles. The molecule has 0 saturated heterocycles. The molecule has 0 unspecified atom stereocenters. The van der Waals surface area contributed by atoms with E-state index in [0.29, 0.717) is 11.8 Å². The minimum atomic E-state index is 0.404. The quantitative estimate of drug-likeness (QED) is 0.756. The summed E-state index contributed by atoms with van der Waals surface area (Å²) in [6.45, 7) is 8.50. The highest BCUT2D eigenvalue weighted by Gasteiger charge is 2.07. The zero-order valence-electron chi connectivity index (χ0n) is 8.83. The summed E-state index contributed by atoms with van der Waals surface area (Å²) >= 11 is 0. The van der Waals surface area contributed by atoms with E-state index >= 15 is 0 Å². The van der Waals surface area contributed by atoms with E-state index in [1.807, 2.05) is 12.3 Å². The average molecular weight is 178 g/mol. The second kappa shape index (κ2) is 3.77. The zero-order valence-corrected chi connectivity index (χ0v) is 8.83. The molecule has 0 radical (unpaired) electrons. The number of hydrogen-bond acceptors (Lipinski definition) is 2. The van der Waals surface area contributed by atoms with E-state index in [-0.39, 0.29) is 0 Å². The Kier molecular flexibility index (Phi) is 2.91. The van der Waals surface area contributed by atoms with Crippen molar-refractivity contribution in [3.05, 3.63) is 23.5 Å². The van der Waals surface area contributed by atoms with Crippen LogP contribution in [0.25, 0.3) is 0 Å². The topological polar surface area (TPSA) is 38.9 Å². The van der Waals surface area contributed by atoms with Crippen LogP contribution < -0.4 is 5.73 Å². The largest absolute Gasteiger partial charge is 0.397 e. The molecule has 0 amide bonds. The molecule has 0 aromatic carbocycles. The van der Waals surface area contributed by atoms with E-state index in [4.69, 9.17) is 5.73 Å². The summed E-state index contributed by atoms with van der Waals surface area (Å²) in [6, 6.07) is 2.03. The van der Waals surface area contributed by atoms with Gasteiger partial charge in [-0.3, -0.25) is 4.98 Å². The predicted octanol–water partition coefficient (Wildman–Crippen LogP) is 2.91. The van der Waals surface area contributed by atoms with Crippen molar-refractivity contribution in [1.82, 2.24) is 4.98 Å². The third-order valence-corrected chi connectivity index (χ3v) is 2.18. The van der Waals surface area contributed by atoms with Crippen molar-refractivity contribution in [3.8, 4) is 0 Å². The third kappa shape index (κ3) is 2.20. The molecule has 1 aromatic rings. The van der Waals surface area contributed by atoms with E-state index in [1.54, 1.807) is 0 Å². The molecular formula is C11H18N2. The van der Waals surface area contributed by atoms with Gasteiger partial charge in [0.2, 0.25) is 0 Å². The van der Waals surface area contributed by atoms with Crippen LogP contribution in [0.5, 0.6) is 0 Å². The van der Waals surface area contributed by atoms with Gasteiger partial charge in [-0.2, -0.15) is 0 Å². The van der Waals surface area contributed by atoms with Gasteiger partial charge in [0.25, 0.3) is 0 Å². The van der Waals surface area contributed by atoms with Crippen molar-refractivity contribution in [3.63, 3.8) is 0 Å². The van der Waals surface area contributed by atoms with Crippen molar-refractivity contribution >= 4 is 5.69 Å². The summed E-state index contributed by atoms with van der Waals surface area (Å²) in [5.41, 5.74) is 8.93. The van der Waals surface area contributed by atoms with E-state index in [2.05, 4.69) is 32.7 Å². The normalized spacial score (nSPS) is 11.2. The monoisotopic (exact) mass is 178 g/mol. The lowest BCUT2D eigenvalue weighted by molar-refractivity contribution is 0.806. The van der Waals surface area contributed by atoms with Gasteiger partial charge in [0.1, 0.15) is 0 Å². The first-order valence-corrected chi connectivity index (χ1v) is 4.77. The van der Waals surface area contributed by atoms with Crippen LogP contribution in [-0.4, -0.2) is 4.98 Å². The molecule has 0 saturated carbocycles. The first-order chi connectivity index (χ1) is 6.02. The second-order valence-electron chi connectivity index (χ2n) is 4.05. The van der Waals surface area contributed by atoms with Gasteiger partial charge in [-0.1, -0.05) is 27.7 Å². The number of nitrogen functional groups attached to an aromatic ring is 1. The number of rotatable bonds is 2. The van der Waals surface area contributed by atoms with Crippen LogP contribution >= 0.6 is 0 Å². The molecule has 0 aliphatic rings. The molecule has 0 atom stereocenters. The Morgan fingerprint density at radius 2 is 1.77 bits per heavy atom. The number of aromatic nitrogens is 1. The van der Waals surface area contributed by atoms with Crippen LogP contribution in [0.15, 0.2) is 12.3 Å². The van der Waals surface area contributed by atoms with Crippen LogP contribution in [0, 0.1) is 0 Å². The lowest BCUT2D eigenvalue weighted by Crippen LogP contribution is -2.02. The number of hydrogen-bond donors (Lipinski definition) is 1. The molecule has 0 spiro atoms. The fraction of sp³-hybridized carbons (Fsp3) is 0.545. The predicted molar refractivity (Wildman–Crippen MR) is 56.8 cm³/mol. The first-order valence-electron chi connectivity index (χ1n) is 4.77. The lowest BCUT2D eigenvalue weighted by Gasteiger charge is -2.11. The van der Waals surface area contributed by atoms with Crippen LogP contribution in [0.3, 0.4) is 0 Å². The minimum Gasteiger partial charge on any atom is -0.397 e. The van der Waals surface area contributed by atoms with Gasteiger partial charge in [-0.25, -0.2) is 0 Å². The van der Waals surface area contributed by atoms with Crippen LogP contribution in [-0.2, 0) is 0 Å². The molecule has 1 rings (SSSR count). The van der Waals surface area contributed by atoms with Gasteiger partial charge in [-0.05, 0) is 23.5 Å². The van der Waals surface area contributed by atoms with Gasteiger partial charge in [0, 0.05) is 6.20 Å². The Morgan fingerprint density at radius 3 is 2.15 bits per heavy atom. The van der Waals surface area contributed by atoms with Gasteiger partial charge in [0.05, 0.1) is 11.4 Å². The first kappa shape index (κ1) is 10.0. The van der Waals surface area contributed by atoms with Gasteiger partial charge in [-0.15, -0.1) is 0 Å². The van der Waals surface area contributed by atoms with Crippen molar-refractivity contribution in [1.29, 1.82) is 0 Å². The molecule has 2 N–H and O–H groups in total. The highest BCUT2D eigenvalue weighted by atomic mass is 14.7. The Hall–Kier alpha value is -1.05. The number of pyridine rings is 1. The highest BCUT2D eigenvalue weighted by Crippen LogP contribution is 2.23. The van der Waals surface area contributed by atoms with Crippen molar-refractivity contribution in [2.75, 3.05) is 5.73 Å². The number of nitrogens with zero attached hydrogens (tertiary/aromatic N) is 1. The Bertz CT molecular complexity index is 290. The molecule has 0 bridgehead atoms. The van der Waals surface area contributed by atoms with E-state index in [1.165, 1.54) is 5.56 Å². The molecule has 1 heterocycles. The maximum absolute atomic E-state index is 5.90. The summed E-state index contributed by atoms with van der Waals surface area (Å²) in [6.07, 6.45) is 1.93. The molecule has 2 heteroatoms. The lowest BCUT2D eigenvalue weighted by atomic mass is 10.0. The zero-order chi connectivity index (χ0) is 10.0. The van der Waals surface area contributed by atoms with Crippen LogP contribution in [0.4, 0.5) is 5.69 Å². The Balaban J connectivity index is 3.06. The van der Waals surface area contributed by atoms with Gasteiger partial charge in [0.15, 0.2) is 0 Å². The highest BCUT2D eigenvalue weighted by molar-refractivity contribution is 5.46. The Morgan fingerprint density at radius 1 is 1.15 bits per heavy atom. The van der Waals surface area contributed by atoms with E-state index in [0.717, 1.165) is 11.4 Å². The summed E-state index contributed by atoms with van der Waals surface area (Å²) in [4.78, 5) is 4.37. The summed E-state index contributed by atoms with van der Waals surface area (Å²) in [5, 5.41) is 0. The summed E-state index contributed by atoms with van der Waals surface area (Å²) in [5.74, 6) is 0.900. The molecule has 13 heavy (non-hydrogen) atoms. The molecule has 2 nitrogen and oxygen atoms in total. The number of anilines is 1. The van der Waals surface area contributed by atoms with E-state index in [9.17, 15) is 0 Å². The minimum absolute atomic E-state index is 0.404. The SMILES string of the molecule is CC(C)c1cnc(C(C)C)c(N)c1. The maximum Gasteiger partial charge on any atom is 0.0658 e. The summed E-state index contributed by atoms with van der Waals surface area (Å²) < 4.78 is 0. The van der Waals surface area contributed by atoms with Crippen LogP contribution in [0.1, 0.15) is 50.8 Å². The molecule has 0 fully saturated rings. The average Bonchev–Trinajstić information content (AvgIpc) is 2.03. The van der Waals surface area contributed by atoms with Gasteiger partial charge >= 0.3 is 0 Å². The van der Waals surface area contributed by atoms with Crippen molar-refractivity contribution < 1.29 is 0 Å². The van der Waals surface area contributed by atoms with Crippen molar-refractivity contribution in [2.24, 2.45) is 0 Å². The second-order valence-corrected chi connectivity index (χ2v) is 4.05. The fourth-order valence-electron chi connectivity index (χ4n) is 1.31. The van der Waals surface area contributed by atoms with Crippen LogP contribution in [0.2, 0.25) is 0 Å². The summed E-state index contributed by atoms with van der Waals surface area (Å²) in [7, 11) is 0. The third-order valence-electron chi connectivity index (χ3n) is 2.18. The number of nitrogens with two attached hydrogens (primary N) is 1. The van der Waals surface area contributed by atoms with Crippen molar-refractivity contribution in [2.45, 2.75) is 39.5 Å². The van der Waals surface area contributed by atoms with E-state index < -0.39 is 0 Å². The molecule has 72 valence electrons. The molecular weight excluding hydrogens is 160 g/mol. The standard InChI is InChI=1S/C11H18N2/c1-7(2)9-5-10(12)11(8(3)4)13-6-9/h5-8H,12H2,1-4H3. The molecule has 0 aliphatic carbocycles. The molecule has 1 aromatic heterocycles. The van der Waals surface area contributed by atoms with Gasteiger partial charge < -0.3 is 5.73 Å². The smallest absolute Gasteiger partial charge is 0.0658 e. The maximum atomic E-state index is 5.90. The fourth-order valence-corrected chi connectivity index (χ4v) is 1.31.